The van der Waals surface area contributed by atoms with Crippen LogP contribution in [0.15, 0.2) is 42.5 Å². The lowest BCUT2D eigenvalue weighted by atomic mass is 10.1. The maximum Gasteiger partial charge on any atom is 0.416 e. The van der Waals surface area contributed by atoms with Crippen molar-refractivity contribution in [1.82, 2.24) is 10.6 Å². The van der Waals surface area contributed by atoms with Gasteiger partial charge in [-0.25, -0.2) is 9.18 Å². The lowest BCUT2D eigenvalue weighted by Crippen LogP contribution is -2.34. The van der Waals surface area contributed by atoms with Crippen molar-refractivity contribution in [2.75, 3.05) is 0 Å². The molecule has 0 saturated heterocycles. The van der Waals surface area contributed by atoms with E-state index in [1.165, 1.54) is 0 Å². The quantitative estimate of drug-likeness (QED) is 0.807. The highest BCUT2D eigenvalue weighted by molar-refractivity contribution is 5.73. The molecule has 3 nitrogen and oxygen atoms in total. The minimum Gasteiger partial charge on any atom is -0.334 e. The highest BCUT2D eigenvalue weighted by atomic mass is 19.4. The number of halogens is 4. The van der Waals surface area contributed by atoms with Crippen LogP contribution in [-0.4, -0.2) is 6.03 Å². The third-order valence-electron chi connectivity index (χ3n) is 3.31. The number of aryl methyl sites for hydroxylation is 1. The summed E-state index contributed by atoms with van der Waals surface area (Å²) in [5, 5.41) is 4.98. The molecule has 0 aliphatic rings. The molecule has 0 heterocycles. The highest BCUT2D eigenvalue weighted by Crippen LogP contribution is 2.30. The first-order valence-corrected chi connectivity index (χ1v) is 7.18. The van der Waals surface area contributed by atoms with Crippen molar-refractivity contribution in [3.05, 3.63) is 70.5 Å². The molecule has 0 atom stereocenters. The summed E-state index contributed by atoms with van der Waals surface area (Å²) in [6, 6.07) is 9.16. The number of nitrogens with one attached hydrogen (secondary N) is 2. The van der Waals surface area contributed by atoms with Gasteiger partial charge in [0, 0.05) is 13.1 Å². The number of benzene rings is 2. The van der Waals surface area contributed by atoms with Crippen LogP contribution in [-0.2, 0) is 19.3 Å². The van der Waals surface area contributed by atoms with Crippen LogP contribution in [0.25, 0.3) is 0 Å². The van der Waals surface area contributed by atoms with Gasteiger partial charge in [0.15, 0.2) is 0 Å². The van der Waals surface area contributed by atoms with Gasteiger partial charge in [0.2, 0.25) is 0 Å². The maximum atomic E-state index is 13.3. The Balaban J connectivity index is 1.89. The van der Waals surface area contributed by atoms with Gasteiger partial charge in [-0.1, -0.05) is 29.8 Å². The molecule has 2 rings (SSSR count). The van der Waals surface area contributed by atoms with Crippen LogP contribution in [0.3, 0.4) is 0 Å². The second-order valence-corrected chi connectivity index (χ2v) is 5.37. The molecule has 0 bridgehead atoms. The summed E-state index contributed by atoms with van der Waals surface area (Å²) >= 11 is 0. The molecule has 2 amide bonds. The largest absolute Gasteiger partial charge is 0.416 e. The van der Waals surface area contributed by atoms with Gasteiger partial charge in [-0.15, -0.1) is 0 Å². The van der Waals surface area contributed by atoms with E-state index in [9.17, 15) is 22.4 Å². The molecule has 0 aliphatic carbocycles. The van der Waals surface area contributed by atoms with Crippen molar-refractivity contribution < 1.29 is 22.4 Å². The fourth-order valence-electron chi connectivity index (χ4n) is 2.05. The summed E-state index contributed by atoms with van der Waals surface area (Å²) < 4.78 is 51.1. The second kappa shape index (κ2) is 7.33. The number of carbonyl (C=O) groups is 1. The summed E-state index contributed by atoms with van der Waals surface area (Å²) in [4.78, 5) is 11.7. The fourth-order valence-corrected chi connectivity index (χ4v) is 2.05. The van der Waals surface area contributed by atoms with Crippen LogP contribution in [0.5, 0.6) is 0 Å². The van der Waals surface area contributed by atoms with E-state index in [4.69, 9.17) is 0 Å². The molecule has 128 valence electrons. The van der Waals surface area contributed by atoms with E-state index in [-0.39, 0.29) is 18.7 Å². The summed E-state index contributed by atoms with van der Waals surface area (Å²) in [5.74, 6) is -0.998. The predicted octanol–water partition coefficient (Wildman–Crippen LogP) is 4.15. The Bertz CT molecular complexity index is 712. The monoisotopic (exact) mass is 340 g/mol. The van der Waals surface area contributed by atoms with Crippen molar-refractivity contribution in [2.24, 2.45) is 0 Å². The number of rotatable bonds is 4. The zero-order chi connectivity index (χ0) is 17.7. The number of hydrogen-bond donors (Lipinski definition) is 2. The van der Waals surface area contributed by atoms with Crippen molar-refractivity contribution >= 4 is 6.03 Å². The molecule has 24 heavy (non-hydrogen) atoms. The van der Waals surface area contributed by atoms with E-state index in [2.05, 4.69) is 10.6 Å². The SMILES string of the molecule is Cc1ccc(CNC(=O)NCc2cc(F)cc(C(F)(F)F)c2)cc1. The lowest BCUT2D eigenvalue weighted by molar-refractivity contribution is -0.137. The number of urea groups is 1. The number of amides is 2. The van der Waals surface area contributed by atoms with Crippen LogP contribution in [0.4, 0.5) is 22.4 Å². The van der Waals surface area contributed by atoms with Crippen molar-refractivity contribution in [2.45, 2.75) is 26.2 Å². The van der Waals surface area contributed by atoms with Crippen LogP contribution >= 0.6 is 0 Å². The van der Waals surface area contributed by atoms with Crippen LogP contribution in [0.2, 0.25) is 0 Å². The Hall–Kier alpha value is -2.57. The minimum atomic E-state index is -4.63. The highest BCUT2D eigenvalue weighted by Gasteiger charge is 2.31. The van der Waals surface area contributed by atoms with Gasteiger partial charge in [0.1, 0.15) is 5.82 Å². The topological polar surface area (TPSA) is 41.1 Å². The average molecular weight is 340 g/mol. The van der Waals surface area contributed by atoms with Gasteiger partial charge in [0.05, 0.1) is 5.56 Å². The normalized spacial score (nSPS) is 11.2. The molecule has 2 aromatic rings. The molecule has 0 radical (unpaired) electrons. The van der Waals surface area contributed by atoms with E-state index in [0.29, 0.717) is 6.07 Å². The molecule has 0 fully saturated rings. The Kier molecular flexibility index (Phi) is 5.43. The van der Waals surface area contributed by atoms with Gasteiger partial charge in [0.25, 0.3) is 0 Å². The molecular weight excluding hydrogens is 324 g/mol. The summed E-state index contributed by atoms with van der Waals surface area (Å²) in [7, 11) is 0. The summed E-state index contributed by atoms with van der Waals surface area (Å²) in [6.45, 7) is 2.02. The second-order valence-electron chi connectivity index (χ2n) is 5.37. The molecular formula is C17H16F4N2O. The third kappa shape index (κ3) is 5.26. The molecule has 2 N–H and O–H groups in total. The average Bonchev–Trinajstić information content (AvgIpc) is 2.51. The first kappa shape index (κ1) is 17.8. The number of alkyl halides is 3. The maximum absolute atomic E-state index is 13.3. The van der Waals surface area contributed by atoms with Crippen LogP contribution in [0.1, 0.15) is 22.3 Å². The van der Waals surface area contributed by atoms with E-state index in [1.54, 1.807) is 0 Å². The molecule has 0 spiro atoms. The Morgan fingerprint density at radius 2 is 1.54 bits per heavy atom. The Morgan fingerprint density at radius 1 is 0.958 bits per heavy atom. The Labute approximate surface area is 136 Å². The van der Waals surface area contributed by atoms with E-state index < -0.39 is 23.6 Å². The first-order chi connectivity index (χ1) is 11.2. The molecule has 0 aromatic heterocycles. The van der Waals surface area contributed by atoms with Crippen LogP contribution < -0.4 is 10.6 Å². The van der Waals surface area contributed by atoms with Crippen LogP contribution in [0, 0.1) is 12.7 Å². The van der Waals surface area contributed by atoms with Crippen molar-refractivity contribution in [3.8, 4) is 0 Å². The van der Waals surface area contributed by atoms with E-state index in [0.717, 1.165) is 23.3 Å². The smallest absolute Gasteiger partial charge is 0.334 e. The first-order valence-electron chi connectivity index (χ1n) is 7.18. The van der Waals surface area contributed by atoms with E-state index >= 15 is 0 Å². The fraction of sp³-hybridized carbons (Fsp3) is 0.235. The number of carbonyl (C=O) groups excluding carboxylic acids is 1. The zero-order valence-corrected chi connectivity index (χ0v) is 12.9. The van der Waals surface area contributed by atoms with Gasteiger partial charge in [-0.2, -0.15) is 13.2 Å². The summed E-state index contributed by atoms with van der Waals surface area (Å²) in [5.41, 5.74) is 0.933. The standard InChI is InChI=1S/C17H16F4N2O/c1-11-2-4-12(5-3-11)9-22-16(24)23-10-13-6-14(17(19,20)21)8-15(18)7-13/h2-8H,9-10H2,1H3,(H2,22,23,24). The zero-order valence-electron chi connectivity index (χ0n) is 12.9. The summed E-state index contributed by atoms with van der Waals surface area (Å²) in [6.07, 6.45) is -4.63. The predicted molar refractivity (Wildman–Crippen MR) is 81.7 cm³/mol. The van der Waals surface area contributed by atoms with Crippen molar-refractivity contribution in [1.29, 1.82) is 0 Å². The Morgan fingerprint density at radius 3 is 2.12 bits per heavy atom. The molecule has 0 unspecified atom stereocenters. The molecule has 7 heteroatoms. The molecule has 2 aromatic carbocycles. The van der Waals surface area contributed by atoms with Crippen molar-refractivity contribution in [3.63, 3.8) is 0 Å². The van der Waals surface area contributed by atoms with E-state index in [1.807, 2.05) is 31.2 Å². The van der Waals surface area contributed by atoms with Gasteiger partial charge < -0.3 is 10.6 Å². The lowest BCUT2D eigenvalue weighted by Gasteiger charge is -2.11. The molecule has 0 saturated carbocycles. The minimum absolute atomic E-state index is 0.0350. The van der Waals surface area contributed by atoms with Gasteiger partial charge in [-0.05, 0) is 36.2 Å². The molecule has 0 aliphatic heterocycles. The third-order valence-corrected chi connectivity index (χ3v) is 3.31. The number of hydrogen-bond acceptors (Lipinski definition) is 1. The van der Waals surface area contributed by atoms with Gasteiger partial charge >= 0.3 is 12.2 Å². The van der Waals surface area contributed by atoms with Gasteiger partial charge in [-0.3, -0.25) is 0 Å².